The molecule has 1 unspecified atom stereocenters. The summed E-state index contributed by atoms with van der Waals surface area (Å²) in [6, 6.07) is 1.07. The summed E-state index contributed by atoms with van der Waals surface area (Å²) in [6.45, 7) is 3.91. The molecule has 1 atom stereocenters. The van der Waals surface area contributed by atoms with E-state index in [9.17, 15) is 23.1 Å². The number of aliphatic hydroxyl groups is 1. The van der Waals surface area contributed by atoms with Crippen molar-refractivity contribution in [2.24, 2.45) is 5.92 Å². The molecule has 0 spiro atoms. The molecule has 0 saturated heterocycles. The molecule has 1 aromatic carbocycles. The van der Waals surface area contributed by atoms with Crippen LogP contribution in [0.15, 0.2) is 12.1 Å². The summed E-state index contributed by atoms with van der Waals surface area (Å²) in [6.07, 6.45) is -0.564. The zero-order chi connectivity index (χ0) is 15.3. The highest BCUT2D eigenvalue weighted by atomic mass is 19.2. The number of aliphatic hydroxyl groups excluding tert-OH is 1. The van der Waals surface area contributed by atoms with E-state index in [0.29, 0.717) is 18.6 Å². The molecule has 0 heterocycles. The predicted molar refractivity (Wildman–Crippen MR) is 68.5 cm³/mol. The average molecular weight is 289 g/mol. The Labute approximate surface area is 115 Å². The van der Waals surface area contributed by atoms with Gasteiger partial charge in [0, 0.05) is 18.2 Å². The first-order valence-electron chi connectivity index (χ1n) is 6.37. The molecule has 3 nitrogen and oxygen atoms in total. The van der Waals surface area contributed by atoms with E-state index in [1.807, 2.05) is 13.8 Å². The van der Waals surface area contributed by atoms with E-state index in [-0.39, 0.29) is 18.0 Å². The quantitative estimate of drug-likeness (QED) is 0.789. The molecule has 0 bridgehead atoms. The lowest BCUT2D eigenvalue weighted by molar-refractivity contribution is -0.121. The first-order chi connectivity index (χ1) is 9.29. The Kier molecular flexibility index (Phi) is 6.01. The number of halogens is 3. The monoisotopic (exact) mass is 289 g/mol. The lowest BCUT2D eigenvalue weighted by Crippen LogP contribution is -2.33. The van der Waals surface area contributed by atoms with E-state index in [2.05, 4.69) is 5.32 Å². The normalized spacial score (nSPS) is 12.6. The fraction of sp³-hybridized carbons (Fsp3) is 0.500. The van der Waals surface area contributed by atoms with Crippen molar-refractivity contribution in [3.63, 3.8) is 0 Å². The zero-order valence-electron chi connectivity index (χ0n) is 11.4. The Morgan fingerprint density at radius 2 is 1.80 bits per heavy atom. The second-order valence-electron chi connectivity index (χ2n) is 5.12. The molecule has 2 N–H and O–H groups in total. The van der Waals surface area contributed by atoms with Crippen LogP contribution in [-0.2, 0) is 11.2 Å². The van der Waals surface area contributed by atoms with Crippen LogP contribution in [-0.4, -0.2) is 23.7 Å². The summed E-state index contributed by atoms with van der Waals surface area (Å²) in [5.41, 5.74) is -0.222. The van der Waals surface area contributed by atoms with E-state index < -0.39 is 35.9 Å². The van der Waals surface area contributed by atoms with Gasteiger partial charge in [-0.3, -0.25) is 4.79 Å². The number of hydrogen-bond acceptors (Lipinski definition) is 2. The molecule has 0 aromatic heterocycles. The lowest BCUT2D eigenvalue weighted by Gasteiger charge is -2.14. The van der Waals surface area contributed by atoms with Gasteiger partial charge in [0.1, 0.15) is 5.82 Å². The fourth-order valence-corrected chi connectivity index (χ4v) is 1.79. The number of amides is 1. The van der Waals surface area contributed by atoms with Crippen LogP contribution in [0, 0.1) is 23.4 Å². The number of carbonyl (C=O) groups is 1. The smallest absolute Gasteiger partial charge is 0.224 e. The van der Waals surface area contributed by atoms with Crippen molar-refractivity contribution in [2.75, 3.05) is 6.54 Å². The molecule has 6 heteroatoms. The van der Waals surface area contributed by atoms with Crippen molar-refractivity contribution in [3.8, 4) is 0 Å². The van der Waals surface area contributed by atoms with Gasteiger partial charge in [-0.2, -0.15) is 0 Å². The number of nitrogens with one attached hydrogen (secondary N) is 1. The van der Waals surface area contributed by atoms with E-state index >= 15 is 0 Å². The van der Waals surface area contributed by atoms with Gasteiger partial charge in [0.05, 0.1) is 12.5 Å². The van der Waals surface area contributed by atoms with Crippen molar-refractivity contribution < 1.29 is 23.1 Å². The van der Waals surface area contributed by atoms with Crippen LogP contribution in [0.4, 0.5) is 13.2 Å². The minimum atomic E-state index is -1.29. The van der Waals surface area contributed by atoms with Crippen molar-refractivity contribution in [1.82, 2.24) is 5.32 Å². The average Bonchev–Trinajstić information content (AvgIpc) is 2.32. The van der Waals surface area contributed by atoms with Crippen LogP contribution in [0.2, 0.25) is 0 Å². The number of rotatable bonds is 6. The van der Waals surface area contributed by atoms with Gasteiger partial charge in [-0.25, -0.2) is 13.2 Å². The SMILES string of the molecule is CC(C)CC(O)CNC(=O)Cc1cc(F)c(F)cc1F. The summed E-state index contributed by atoms with van der Waals surface area (Å²) in [5.74, 6) is -3.74. The molecule has 0 radical (unpaired) electrons. The van der Waals surface area contributed by atoms with Crippen LogP contribution in [0.3, 0.4) is 0 Å². The molecule has 0 aliphatic rings. The molecule has 1 aromatic rings. The van der Waals surface area contributed by atoms with Gasteiger partial charge in [0.15, 0.2) is 11.6 Å². The van der Waals surface area contributed by atoms with Crippen LogP contribution < -0.4 is 5.32 Å². The van der Waals surface area contributed by atoms with E-state index in [1.165, 1.54) is 0 Å². The second-order valence-corrected chi connectivity index (χ2v) is 5.12. The summed E-state index contributed by atoms with van der Waals surface area (Å²) in [5, 5.41) is 12.0. The number of benzene rings is 1. The fourth-order valence-electron chi connectivity index (χ4n) is 1.79. The van der Waals surface area contributed by atoms with Crippen LogP contribution in [0.5, 0.6) is 0 Å². The summed E-state index contributed by atoms with van der Waals surface area (Å²) >= 11 is 0. The maximum atomic E-state index is 13.3. The maximum absolute atomic E-state index is 13.3. The third-order valence-corrected chi connectivity index (χ3v) is 2.72. The Morgan fingerprint density at radius 3 is 2.40 bits per heavy atom. The molecule has 112 valence electrons. The molecular weight excluding hydrogens is 271 g/mol. The first kappa shape index (κ1) is 16.5. The van der Waals surface area contributed by atoms with Gasteiger partial charge in [-0.05, 0) is 18.4 Å². The van der Waals surface area contributed by atoms with Crippen LogP contribution in [0.25, 0.3) is 0 Å². The minimum Gasteiger partial charge on any atom is -0.391 e. The zero-order valence-corrected chi connectivity index (χ0v) is 11.4. The topological polar surface area (TPSA) is 49.3 Å². The molecule has 0 aliphatic heterocycles. The summed E-state index contributed by atoms with van der Waals surface area (Å²) < 4.78 is 39.0. The van der Waals surface area contributed by atoms with E-state index in [4.69, 9.17) is 0 Å². The molecular formula is C14H18F3NO2. The number of carbonyl (C=O) groups excluding carboxylic acids is 1. The molecule has 20 heavy (non-hydrogen) atoms. The van der Waals surface area contributed by atoms with Crippen molar-refractivity contribution in [2.45, 2.75) is 32.8 Å². The summed E-state index contributed by atoms with van der Waals surface area (Å²) in [7, 11) is 0. The van der Waals surface area contributed by atoms with Crippen LogP contribution >= 0.6 is 0 Å². The molecule has 0 aliphatic carbocycles. The highest BCUT2D eigenvalue weighted by molar-refractivity contribution is 5.78. The predicted octanol–water partition coefficient (Wildman–Crippen LogP) is 2.17. The lowest BCUT2D eigenvalue weighted by atomic mass is 10.1. The molecule has 0 saturated carbocycles. The van der Waals surface area contributed by atoms with E-state index in [1.54, 1.807) is 0 Å². The maximum Gasteiger partial charge on any atom is 0.224 e. The van der Waals surface area contributed by atoms with Crippen LogP contribution in [0.1, 0.15) is 25.8 Å². The van der Waals surface area contributed by atoms with Crippen molar-refractivity contribution in [1.29, 1.82) is 0 Å². The number of hydrogen-bond donors (Lipinski definition) is 2. The highest BCUT2D eigenvalue weighted by Crippen LogP contribution is 2.14. The molecule has 1 rings (SSSR count). The third-order valence-electron chi connectivity index (χ3n) is 2.72. The van der Waals surface area contributed by atoms with Gasteiger partial charge >= 0.3 is 0 Å². The molecule has 0 fully saturated rings. The standard InChI is InChI=1S/C14H18F3NO2/c1-8(2)3-10(19)7-18-14(20)5-9-4-12(16)13(17)6-11(9)15/h4,6,8,10,19H,3,5,7H2,1-2H3,(H,18,20). The van der Waals surface area contributed by atoms with Gasteiger partial charge in [0.2, 0.25) is 5.91 Å². The Morgan fingerprint density at radius 1 is 1.20 bits per heavy atom. The second kappa shape index (κ2) is 7.28. The Balaban J connectivity index is 2.53. The van der Waals surface area contributed by atoms with E-state index in [0.717, 1.165) is 0 Å². The Hall–Kier alpha value is -1.56. The Bertz CT molecular complexity index is 478. The minimum absolute atomic E-state index is 0.0440. The first-order valence-corrected chi connectivity index (χ1v) is 6.37. The molecule has 1 amide bonds. The third kappa shape index (κ3) is 5.21. The van der Waals surface area contributed by atoms with Crippen molar-refractivity contribution in [3.05, 3.63) is 35.1 Å². The highest BCUT2D eigenvalue weighted by Gasteiger charge is 2.14. The van der Waals surface area contributed by atoms with Gasteiger partial charge in [0.25, 0.3) is 0 Å². The van der Waals surface area contributed by atoms with Crippen molar-refractivity contribution >= 4 is 5.91 Å². The van der Waals surface area contributed by atoms with Gasteiger partial charge in [-0.15, -0.1) is 0 Å². The largest absolute Gasteiger partial charge is 0.391 e. The van der Waals surface area contributed by atoms with Gasteiger partial charge < -0.3 is 10.4 Å². The van der Waals surface area contributed by atoms with Gasteiger partial charge in [-0.1, -0.05) is 13.8 Å². The summed E-state index contributed by atoms with van der Waals surface area (Å²) in [4.78, 5) is 11.5.